The van der Waals surface area contributed by atoms with Crippen LogP contribution in [-0.2, 0) is 0 Å². The Morgan fingerprint density at radius 2 is 1.55 bits per heavy atom. The molecule has 2 aromatic carbocycles. The average molecular weight is 266 g/mol. The number of carbonyl (C=O) groups is 1. The third kappa shape index (κ3) is 3.15. The second-order valence-corrected chi connectivity index (χ2v) is 5.06. The monoisotopic (exact) mass is 266 g/mol. The summed E-state index contributed by atoms with van der Waals surface area (Å²) in [6, 6.07) is 10.8. The van der Waals surface area contributed by atoms with Crippen molar-refractivity contribution in [2.75, 3.05) is 0 Å². The highest BCUT2D eigenvalue weighted by Crippen LogP contribution is 2.18. The number of hydrogen-bond acceptors (Lipinski definition) is 2. The van der Waals surface area contributed by atoms with E-state index in [1.165, 1.54) is 5.56 Å². The summed E-state index contributed by atoms with van der Waals surface area (Å²) < 4.78 is 0. The molecule has 0 aliphatic rings. The van der Waals surface area contributed by atoms with E-state index in [4.69, 9.17) is 0 Å². The summed E-state index contributed by atoms with van der Waals surface area (Å²) in [7, 11) is 0. The maximum Gasteiger partial charge on any atom is 0.186 e. The number of aromatic hydroxyl groups is 1. The Kier molecular flexibility index (Phi) is 4.04. The SMILES string of the molecule is Cc1cc(C)c(C(=O)/C=C/c2ccc(O)cc2)c(C)c1. The van der Waals surface area contributed by atoms with E-state index < -0.39 is 0 Å². The van der Waals surface area contributed by atoms with E-state index in [1.54, 1.807) is 36.4 Å². The van der Waals surface area contributed by atoms with Crippen LogP contribution in [0.3, 0.4) is 0 Å². The highest BCUT2D eigenvalue weighted by atomic mass is 16.3. The van der Waals surface area contributed by atoms with Gasteiger partial charge in [-0.2, -0.15) is 0 Å². The predicted octanol–water partition coefficient (Wildman–Crippen LogP) is 4.21. The Morgan fingerprint density at radius 1 is 1.00 bits per heavy atom. The maximum atomic E-state index is 12.3. The van der Waals surface area contributed by atoms with Crippen LogP contribution in [-0.4, -0.2) is 10.9 Å². The first kappa shape index (κ1) is 14.1. The fraction of sp³-hybridized carbons (Fsp3) is 0.167. The van der Waals surface area contributed by atoms with Crippen molar-refractivity contribution >= 4 is 11.9 Å². The van der Waals surface area contributed by atoms with Gasteiger partial charge in [0.15, 0.2) is 5.78 Å². The molecule has 0 saturated heterocycles. The number of carbonyl (C=O) groups excluding carboxylic acids is 1. The number of benzene rings is 2. The molecule has 0 aromatic heterocycles. The quantitative estimate of drug-likeness (QED) is 0.667. The third-order valence-electron chi connectivity index (χ3n) is 3.24. The minimum absolute atomic E-state index is 0.00748. The molecule has 0 aliphatic heterocycles. The van der Waals surface area contributed by atoms with Crippen molar-refractivity contribution < 1.29 is 9.90 Å². The van der Waals surface area contributed by atoms with Gasteiger partial charge in [-0.05, 0) is 55.7 Å². The van der Waals surface area contributed by atoms with Crippen LogP contribution in [0.4, 0.5) is 0 Å². The standard InChI is InChI=1S/C18H18O2/c1-12-10-13(2)18(14(3)11-12)17(20)9-6-15-4-7-16(19)8-5-15/h4-11,19H,1-3H3/b9-6+. The molecule has 0 bridgehead atoms. The normalized spacial score (nSPS) is 10.9. The molecule has 102 valence electrons. The Bertz CT molecular complexity index is 641. The molecule has 0 saturated carbocycles. The van der Waals surface area contributed by atoms with Crippen molar-refractivity contribution in [2.24, 2.45) is 0 Å². The number of rotatable bonds is 3. The Balaban J connectivity index is 2.26. The molecule has 0 atom stereocenters. The van der Waals surface area contributed by atoms with Crippen molar-refractivity contribution in [3.63, 3.8) is 0 Å². The lowest BCUT2D eigenvalue weighted by atomic mass is 9.96. The first-order valence-electron chi connectivity index (χ1n) is 6.56. The lowest BCUT2D eigenvalue weighted by Crippen LogP contribution is -2.02. The van der Waals surface area contributed by atoms with E-state index in [-0.39, 0.29) is 11.5 Å². The van der Waals surface area contributed by atoms with Crippen LogP contribution in [0.15, 0.2) is 42.5 Å². The number of phenolic OH excluding ortho intramolecular Hbond substituents is 1. The lowest BCUT2D eigenvalue weighted by Gasteiger charge is -2.08. The molecular weight excluding hydrogens is 248 g/mol. The summed E-state index contributed by atoms with van der Waals surface area (Å²) in [4.78, 5) is 12.3. The van der Waals surface area contributed by atoms with Crippen LogP contribution in [0.25, 0.3) is 6.08 Å². The van der Waals surface area contributed by atoms with Gasteiger partial charge in [0.2, 0.25) is 0 Å². The molecule has 0 aliphatic carbocycles. The number of aryl methyl sites for hydroxylation is 3. The Labute approximate surface area is 119 Å². The van der Waals surface area contributed by atoms with Gasteiger partial charge in [0.25, 0.3) is 0 Å². The average Bonchev–Trinajstić information content (AvgIpc) is 2.37. The number of ketones is 1. The zero-order valence-electron chi connectivity index (χ0n) is 12.0. The van der Waals surface area contributed by atoms with Crippen molar-refractivity contribution in [3.8, 4) is 5.75 Å². The minimum atomic E-state index is 0.00748. The van der Waals surface area contributed by atoms with E-state index >= 15 is 0 Å². The molecule has 2 nitrogen and oxygen atoms in total. The second-order valence-electron chi connectivity index (χ2n) is 5.06. The van der Waals surface area contributed by atoms with Crippen LogP contribution in [0.1, 0.15) is 32.6 Å². The van der Waals surface area contributed by atoms with E-state index in [9.17, 15) is 9.90 Å². The molecule has 2 heteroatoms. The van der Waals surface area contributed by atoms with Gasteiger partial charge in [0.1, 0.15) is 5.75 Å². The summed E-state index contributed by atoms with van der Waals surface area (Å²) in [6.07, 6.45) is 3.34. The van der Waals surface area contributed by atoms with Gasteiger partial charge < -0.3 is 5.11 Å². The fourth-order valence-corrected chi connectivity index (χ4v) is 2.41. The summed E-state index contributed by atoms with van der Waals surface area (Å²) >= 11 is 0. The van der Waals surface area contributed by atoms with Gasteiger partial charge in [-0.15, -0.1) is 0 Å². The number of allylic oxidation sites excluding steroid dienone is 1. The van der Waals surface area contributed by atoms with Crippen LogP contribution in [0, 0.1) is 20.8 Å². The van der Waals surface area contributed by atoms with Gasteiger partial charge in [0, 0.05) is 5.56 Å². The summed E-state index contributed by atoms with van der Waals surface area (Å²) in [6.45, 7) is 5.95. The summed E-state index contributed by atoms with van der Waals surface area (Å²) in [5.41, 5.74) is 4.83. The molecule has 1 N–H and O–H groups in total. The van der Waals surface area contributed by atoms with E-state index in [1.807, 2.05) is 32.9 Å². The molecule has 0 heterocycles. The smallest absolute Gasteiger partial charge is 0.186 e. The van der Waals surface area contributed by atoms with E-state index in [0.29, 0.717) is 0 Å². The largest absolute Gasteiger partial charge is 0.508 e. The van der Waals surface area contributed by atoms with Crippen molar-refractivity contribution in [3.05, 3.63) is 70.3 Å². The van der Waals surface area contributed by atoms with Crippen molar-refractivity contribution in [1.82, 2.24) is 0 Å². The molecule has 2 aromatic rings. The molecule has 0 unspecified atom stereocenters. The van der Waals surface area contributed by atoms with Gasteiger partial charge in [-0.3, -0.25) is 4.79 Å². The van der Waals surface area contributed by atoms with Gasteiger partial charge >= 0.3 is 0 Å². The zero-order chi connectivity index (χ0) is 14.7. The van der Waals surface area contributed by atoms with Crippen LogP contribution in [0.2, 0.25) is 0 Å². The highest BCUT2D eigenvalue weighted by molar-refractivity contribution is 6.08. The third-order valence-corrected chi connectivity index (χ3v) is 3.24. The van der Waals surface area contributed by atoms with Gasteiger partial charge in [0.05, 0.1) is 0 Å². The number of hydrogen-bond donors (Lipinski definition) is 1. The minimum Gasteiger partial charge on any atom is -0.508 e. The lowest BCUT2D eigenvalue weighted by molar-refractivity contribution is 0.104. The molecular formula is C18H18O2. The van der Waals surface area contributed by atoms with Gasteiger partial charge in [-0.25, -0.2) is 0 Å². The first-order chi connectivity index (χ1) is 9.47. The zero-order valence-corrected chi connectivity index (χ0v) is 12.0. The van der Waals surface area contributed by atoms with Gasteiger partial charge in [-0.1, -0.05) is 35.9 Å². The van der Waals surface area contributed by atoms with Crippen molar-refractivity contribution in [1.29, 1.82) is 0 Å². The van der Waals surface area contributed by atoms with Crippen molar-refractivity contribution in [2.45, 2.75) is 20.8 Å². The molecule has 20 heavy (non-hydrogen) atoms. The van der Waals surface area contributed by atoms with Crippen LogP contribution in [0.5, 0.6) is 5.75 Å². The van der Waals surface area contributed by atoms with E-state index in [0.717, 1.165) is 22.3 Å². The maximum absolute atomic E-state index is 12.3. The molecule has 0 fully saturated rings. The molecule has 2 rings (SSSR count). The topological polar surface area (TPSA) is 37.3 Å². The number of phenols is 1. The summed E-state index contributed by atoms with van der Waals surface area (Å²) in [5.74, 6) is 0.228. The molecule has 0 radical (unpaired) electrons. The second kappa shape index (κ2) is 5.74. The van der Waals surface area contributed by atoms with Crippen LogP contribution >= 0.6 is 0 Å². The molecule has 0 spiro atoms. The van der Waals surface area contributed by atoms with E-state index in [2.05, 4.69) is 0 Å². The molecule has 0 amide bonds. The summed E-state index contributed by atoms with van der Waals surface area (Å²) in [5, 5.41) is 9.22. The fourth-order valence-electron chi connectivity index (χ4n) is 2.41. The van der Waals surface area contributed by atoms with Crippen LogP contribution < -0.4 is 0 Å². The first-order valence-corrected chi connectivity index (χ1v) is 6.56. The highest BCUT2D eigenvalue weighted by Gasteiger charge is 2.09. The Morgan fingerprint density at radius 3 is 2.10 bits per heavy atom. The Hall–Kier alpha value is -2.35. The predicted molar refractivity (Wildman–Crippen MR) is 82.1 cm³/mol.